The molecule has 0 saturated heterocycles. The van der Waals surface area contributed by atoms with Gasteiger partial charge >= 0.3 is 0 Å². The first kappa shape index (κ1) is 17.9. The normalized spacial score (nSPS) is 12.4. The number of fused-ring (bicyclic) bond motifs is 3. The Balaban J connectivity index is 2.14. The number of rotatable bonds is 7. The smallest absolute Gasteiger partial charge is 0.202 e. The van der Waals surface area contributed by atoms with Crippen LogP contribution in [-0.4, -0.2) is 36.2 Å². The van der Waals surface area contributed by atoms with Gasteiger partial charge < -0.3 is 9.05 Å². The molecule has 0 bridgehead atoms. The molecule has 2 aromatic heterocycles. The predicted molar refractivity (Wildman–Crippen MR) is 107 cm³/mol. The van der Waals surface area contributed by atoms with E-state index in [2.05, 4.69) is 80.5 Å². The lowest BCUT2D eigenvalue weighted by molar-refractivity contribution is -0.890. The second-order valence-electron chi connectivity index (χ2n) is 7.91. The van der Waals surface area contributed by atoms with Crippen molar-refractivity contribution >= 4 is 21.8 Å². The Labute approximate surface area is 152 Å². The molecule has 0 aliphatic rings. The third-order valence-corrected chi connectivity index (χ3v) is 5.43. The minimum absolute atomic E-state index is 1.06. The highest BCUT2D eigenvalue weighted by molar-refractivity contribution is 6.08. The van der Waals surface area contributed by atoms with Crippen LogP contribution in [0.5, 0.6) is 0 Å². The SMILES string of the molecule is CCC[n+]1ccc2c3ccccc3n(CC[N+](C)(C)CCC)c2c1C. The molecule has 3 rings (SSSR count). The van der Waals surface area contributed by atoms with Crippen LogP contribution in [0.25, 0.3) is 21.8 Å². The van der Waals surface area contributed by atoms with E-state index in [1.807, 2.05) is 0 Å². The molecule has 0 radical (unpaired) electrons. The average Bonchev–Trinajstić information content (AvgIpc) is 2.90. The van der Waals surface area contributed by atoms with Gasteiger partial charge in [0.25, 0.3) is 0 Å². The molecule has 3 heteroatoms. The van der Waals surface area contributed by atoms with Crippen molar-refractivity contribution in [2.24, 2.45) is 0 Å². The van der Waals surface area contributed by atoms with Gasteiger partial charge in [0.1, 0.15) is 12.1 Å². The average molecular weight is 340 g/mol. The maximum absolute atomic E-state index is 2.56. The number of hydrogen-bond donors (Lipinski definition) is 0. The van der Waals surface area contributed by atoms with Crippen LogP contribution in [0.1, 0.15) is 32.4 Å². The van der Waals surface area contributed by atoms with Gasteiger partial charge in [0.2, 0.25) is 5.69 Å². The Morgan fingerprint density at radius 3 is 2.44 bits per heavy atom. The molecule has 25 heavy (non-hydrogen) atoms. The van der Waals surface area contributed by atoms with Crippen LogP contribution < -0.4 is 4.57 Å². The number of benzene rings is 1. The lowest BCUT2D eigenvalue weighted by Crippen LogP contribution is -2.42. The van der Waals surface area contributed by atoms with Gasteiger partial charge in [-0.1, -0.05) is 32.0 Å². The first-order valence-corrected chi connectivity index (χ1v) is 9.70. The summed E-state index contributed by atoms with van der Waals surface area (Å²) in [6.45, 7) is 11.3. The van der Waals surface area contributed by atoms with Gasteiger partial charge in [0.05, 0.1) is 33.7 Å². The molecule has 0 N–H and O–H groups in total. The summed E-state index contributed by atoms with van der Waals surface area (Å²) in [5.74, 6) is 0. The van der Waals surface area contributed by atoms with Crippen LogP contribution in [-0.2, 0) is 13.1 Å². The summed E-state index contributed by atoms with van der Waals surface area (Å²) in [5, 5.41) is 2.77. The highest BCUT2D eigenvalue weighted by atomic mass is 15.3. The second-order valence-corrected chi connectivity index (χ2v) is 7.91. The molecule has 0 atom stereocenters. The van der Waals surface area contributed by atoms with Gasteiger partial charge in [0, 0.05) is 35.7 Å². The van der Waals surface area contributed by atoms with Crippen LogP contribution in [0.2, 0.25) is 0 Å². The Kier molecular flexibility index (Phi) is 5.14. The van der Waals surface area contributed by atoms with E-state index in [1.54, 1.807) is 0 Å². The molecule has 1 aromatic carbocycles. The van der Waals surface area contributed by atoms with Crippen LogP contribution in [0.15, 0.2) is 36.5 Å². The number of aryl methyl sites for hydroxylation is 2. The van der Waals surface area contributed by atoms with Crippen molar-refractivity contribution in [3.63, 3.8) is 0 Å². The predicted octanol–water partition coefficient (Wildman–Crippen LogP) is 4.29. The van der Waals surface area contributed by atoms with E-state index in [0.717, 1.165) is 30.5 Å². The molecule has 0 saturated carbocycles. The lowest BCUT2D eigenvalue weighted by Gasteiger charge is -2.29. The van der Waals surface area contributed by atoms with Crippen molar-refractivity contribution in [3.8, 4) is 0 Å². The Hall–Kier alpha value is -1.87. The fourth-order valence-corrected chi connectivity index (χ4v) is 4.10. The van der Waals surface area contributed by atoms with E-state index in [4.69, 9.17) is 0 Å². The first-order valence-electron chi connectivity index (χ1n) is 9.70. The number of quaternary nitrogens is 1. The molecule has 0 amide bonds. The van der Waals surface area contributed by atoms with Gasteiger partial charge in [0.15, 0.2) is 6.20 Å². The van der Waals surface area contributed by atoms with Crippen LogP contribution in [0.3, 0.4) is 0 Å². The van der Waals surface area contributed by atoms with Crippen molar-refractivity contribution in [1.82, 2.24) is 4.57 Å². The fraction of sp³-hybridized carbons (Fsp3) is 0.500. The zero-order valence-corrected chi connectivity index (χ0v) is 16.5. The lowest BCUT2D eigenvalue weighted by atomic mass is 10.1. The molecular weight excluding hydrogens is 306 g/mol. The topological polar surface area (TPSA) is 8.81 Å². The van der Waals surface area contributed by atoms with Crippen molar-refractivity contribution in [1.29, 1.82) is 0 Å². The second kappa shape index (κ2) is 7.17. The minimum atomic E-state index is 1.06. The summed E-state index contributed by atoms with van der Waals surface area (Å²) in [7, 11) is 4.70. The molecule has 0 unspecified atom stereocenters. The van der Waals surface area contributed by atoms with E-state index in [1.165, 1.54) is 40.5 Å². The molecule has 0 fully saturated rings. The quantitative estimate of drug-likeness (QED) is 0.449. The summed E-state index contributed by atoms with van der Waals surface area (Å²) in [4.78, 5) is 0. The molecule has 3 nitrogen and oxygen atoms in total. The molecule has 0 aliphatic heterocycles. The Bertz CT molecular complexity index is 874. The van der Waals surface area contributed by atoms with Crippen LogP contribution >= 0.6 is 0 Å². The summed E-state index contributed by atoms with van der Waals surface area (Å²) in [6.07, 6.45) is 4.66. The number of aromatic nitrogens is 2. The molecule has 2 heterocycles. The Morgan fingerprint density at radius 1 is 0.960 bits per heavy atom. The maximum atomic E-state index is 2.56. The molecule has 0 spiro atoms. The van der Waals surface area contributed by atoms with Crippen molar-refractivity contribution < 1.29 is 9.05 Å². The Morgan fingerprint density at radius 2 is 1.72 bits per heavy atom. The highest BCUT2D eigenvalue weighted by Gasteiger charge is 2.21. The summed E-state index contributed by atoms with van der Waals surface area (Å²) >= 11 is 0. The monoisotopic (exact) mass is 339 g/mol. The molecule has 134 valence electrons. The number of nitrogens with zero attached hydrogens (tertiary/aromatic N) is 3. The van der Waals surface area contributed by atoms with Gasteiger partial charge in [-0.25, -0.2) is 4.57 Å². The van der Waals surface area contributed by atoms with Crippen LogP contribution in [0.4, 0.5) is 0 Å². The molecule has 0 aliphatic carbocycles. The third kappa shape index (κ3) is 3.43. The van der Waals surface area contributed by atoms with E-state index in [-0.39, 0.29) is 0 Å². The number of hydrogen-bond acceptors (Lipinski definition) is 0. The van der Waals surface area contributed by atoms with Gasteiger partial charge in [-0.2, -0.15) is 0 Å². The zero-order chi connectivity index (χ0) is 18.0. The van der Waals surface area contributed by atoms with Crippen molar-refractivity contribution in [2.75, 3.05) is 27.2 Å². The van der Waals surface area contributed by atoms with E-state index >= 15 is 0 Å². The molecular formula is C22H33N3+2. The van der Waals surface area contributed by atoms with E-state index in [9.17, 15) is 0 Å². The minimum Gasteiger partial charge on any atom is -0.330 e. The number of para-hydroxylation sites is 1. The summed E-state index contributed by atoms with van der Waals surface area (Å²) in [5.41, 5.74) is 4.16. The van der Waals surface area contributed by atoms with Gasteiger partial charge in [-0.3, -0.25) is 0 Å². The van der Waals surface area contributed by atoms with Crippen molar-refractivity contribution in [2.45, 2.75) is 46.7 Å². The zero-order valence-electron chi connectivity index (χ0n) is 16.5. The maximum Gasteiger partial charge on any atom is 0.202 e. The number of pyridine rings is 1. The van der Waals surface area contributed by atoms with Gasteiger partial charge in [-0.05, 0) is 12.5 Å². The standard InChI is InChI=1S/C22H33N3/c1-6-13-23-14-12-20-19-10-8-9-11-21(19)24(22(20)18(23)3)15-17-25(4,5)16-7-2/h8-12,14H,6-7,13,15-17H2,1-5H3/q+2. The van der Waals surface area contributed by atoms with E-state index in [0.29, 0.717) is 0 Å². The molecule has 3 aromatic rings. The van der Waals surface area contributed by atoms with Crippen molar-refractivity contribution in [3.05, 3.63) is 42.2 Å². The summed E-state index contributed by atoms with van der Waals surface area (Å²) in [6, 6.07) is 11.2. The number of likely N-dealkylation sites (N-methyl/N-ethyl adjacent to an activating group) is 1. The van der Waals surface area contributed by atoms with Crippen LogP contribution in [0, 0.1) is 6.92 Å². The fourth-order valence-electron chi connectivity index (χ4n) is 4.10. The highest BCUT2D eigenvalue weighted by Crippen LogP contribution is 2.29. The van der Waals surface area contributed by atoms with E-state index < -0.39 is 0 Å². The summed E-state index contributed by atoms with van der Waals surface area (Å²) < 4.78 is 6.04. The third-order valence-electron chi connectivity index (χ3n) is 5.43. The van der Waals surface area contributed by atoms with Gasteiger partial charge in [-0.15, -0.1) is 0 Å². The largest absolute Gasteiger partial charge is 0.330 e. The first-order chi connectivity index (χ1) is 12.0.